The highest BCUT2D eigenvalue weighted by Gasteiger charge is 2.22. The second-order valence-electron chi connectivity index (χ2n) is 4.28. The molecule has 22 heavy (non-hydrogen) atoms. The maximum Gasteiger partial charge on any atom is 0.406 e. The van der Waals surface area contributed by atoms with E-state index in [0.29, 0.717) is 5.76 Å². The predicted octanol–water partition coefficient (Wildman–Crippen LogP) is 2.77. The van der Waals surface area contributed by atoms with Gasteiger partial charge in [-0.1, -0.05) is 5.16 Å². The third-order valence-corrected chi connectivity index (χ3v) is 2.76. The average Bonchev–Trinajstić information content (AvgIpc) is 3.18. The zero-order chi connectivity index (χ0) is 15.5. The van der Waals surface area contributed by atoms with Crippen LogP contribution in [0.15, 0.2) is 45.7 Å². The van der Waals surface area contributed by atoms with Gasteiger partial charge in [-0.3, -0.25) is 0 Å². The summed E-state index contributed by atoms with van der Waals surface area (Å²) in [5.41, 5.74) is 0. The van der Waals surface area contributed by atoms with Gasteiger partial charge < -0.3 is 23.8 Å². The molecule has 112 valence electrons. The Morgan fingerprint density at radius 3 is 2.95 bits per heavy atom. The van der Waals surface area contributed by atoms with Gasteiger partial charge in [0, 0.05) is 0 Å². The summed E-state index contributed by atoms with van der Waals surface area (Å²) in [6.45, 7) is 1.64. The van der Waals surface area contributed by atoms with Gasteiger partial charge in [0.25, 0.3) is 5.89 Å². The van der Waals surface area contributed by atoms with Gasteiger partial charge in [0.15, 0.2) is 11.9 Å². The largest absolute Gasteiger partial charge is 0.473 e. The molecule has 0 fully saturated rings. The Morgan fingerprint density at radius 1 is 1.36 bits per heavy atom. The summed E-state index contributed by atoms with van der Waals surface area (Å²) >= 11 is 0. The molecule has 3 aromatic rings. The molecule has 0 amide bonds. The van der Waals surface area contributed by atoms with Crippen molar-refractivity contribution < 1.29 is 18.6 Å². The van der Waals surface area contributed by atoms with Gasteiger partial charge in [0.1, 0.15) is 6.20 Å². The van der Waals surface area contributed by atoms with Crippen LogP contribution >= 0.6 is 0 Å². The van der Waals surface area contributed by atoms with Gasteiger partial charge in [0.2, 0.25) is 11.6 Å². The van der Waals surface area contributed by atoms with Gasteiger partial charge in [-0.2, -0.15) is 4.98 Å². The topological polar surface area (TPSA) is 117 Å². The SMILES string of the molecule is CC(Oc1cccnc1[N+](=O)[O-])c1nc(-c2ccco2)no1. The van der Waals surface area contributed by atoms with Crippen molar-refractivity contribution in [1.29, 1.82) is 0 Å². The lowest BCUT2D eigenvalue weighted by Crippen LogP contribution is -2.06. The van der Waals surface area contributed by atoms with Crippen LogP contribution < -0.4 is 4.74 Å². The summed E-state index contributed by atoms with van der Waals surface area (Å²) in [5, 5.41) is 14.7. The predicted molar refractivity (Wildman–Crippen MR) is 71.9 cm³/mol. The lowest BCUT2D eigenvalue weighted by molar-refractivity contribution is -0.390. The van der Waals surface area contributed by atoms with Crippen LogP contribution in [-0.2, 0) is 0 Å². The number of pyridine rings is 1. The van der Waals surface area contributed by atoms with Crippen LogP contribution in [0, 0.1) is 10.1 Å². The molecule has 0 N–H and O–H groups in total. The van der Waals surface area contributed by atoms with Gasteiger partial charge in [0.05, 0.1) is 6.26 Å². The summed E-state index contributed by atoms with van der Waals surface area (Å²) < 4.78 is 15.7. The molecule has 1 unspecified atom stereocenters. The van der Waals surface area contributed by atoms with Crippen LogP contribution in [0.5, 0.6) is 5.75 Å². The Balaban J connectivity index is 1.81. The van der Waals surface area contributed by atoms with E-state index in [-0.39, 0.29) is 23.3 Å². The van der Waals surface area contributed by atoms with E-state index in [1.165, 1.54) is 24.6 Å². The maximum atomic E-state index is 10.9. The van der Waals surface area contributed by atoms with Crippen molar-refractivity contribution in [2.45, 2.75) is 13.0 Å². The number of hydrogen-bond donors (Lipinski definition) is 0. The Morgan fingerprint density at radius 2 is 2.23 bits per heavy atom. The van der Waals surface area contributed by atoms with E-state index >= 15 is 0 Å². The fraction of sp³-hybridized carbons (Fsp3) is 0.154. The van der Waals surface area contributed by atoms with E-state index in [1.54, 1.807) is 19.1 Å². The lowest BCUT2D eigenvalue weighted by Gasteiger charge is -2.09. The van der Waals surface area contributed by atoms with E-state index in [4.69, 9.17) is 13.7 Å². The Labute approximate surface area is 123 Å². The van der Waals surface area contributed by atoms with Crippen LogP contribution in [0.25, 0.3) is 11.6 Å². The molecule has 9 heteroatoms. The maximum absolute atomic E-state index is 10.9. The quantitative estimate of drug-likeness (QED) is 0.521. The highest BCUT2D eigenvalue weighted by molar-refractivity contribution is 5.45. The van der Waals surface area contributed by atoms with Crippen molar-refractivity contribution in [2.75, 3.05) is 0 Å². The first kappa shape index (κ1) is 13.7. The van der Waals surface area contributed by atoms with Crippen molar-refractivity contribution in [2.24, 2.45) is 0 Å². The minimum absolute atomic E-state index is 0.0257. The molecule has 1 atom stereocenters. The molecule has 3 rings (SSSR count). The Hall–Kier alpha value is -3.23. The molecule has 0 saturated carbocycles. The molecule has 0 radical (unpaired) electrons. The summed E-state index contributed by atoms with van der Waals surface area (Å²) in [6.07, 6.45) is 2.13. The monoisotopic (exact) mass is 302 g/mol. The summed E-state index contributed by atoms with van der Waals surface area (Å²) in [6, 6.07) is 6.37. The minimum atomic E-state index is -0.681. The average molecular weight is 302 g/mol. The summed E-state index contributed by atoms with van der Waals surface area (Å²) in [7, 11) is 0. The molecular formula is C13H10N4O5. The molecule has 0 spiro atoms. The standard InChI is InChI=1S/C13H10N4O5/c1-8(21-10-4-2-6-14-12(10)17(18)19)13-15-11(16-22-13)9-5-3-7-20-9/h2-8H,1H3. The van der Waals surface area contributed by atoms with Crippen molar-refractivity contribution in [3.63, 3.8) is 0 Å². The number of aromatic nitrogens is 3. The minimum Gasteiger partial charge on any atom is -0.473 e. The molecule has 0 aromatic carbocycles. The fourth-order valence-corrected chi connectivity index (χ4v) is 1.76. The van der Waals surface area contributed by atoms with Gasteiger partial charge >= 0.3 is 5.82 Å². The fourth-order valence-electron chi connectivity index (χ4n) is 1.76. The molecular weight excluding hydrogens is 292 g/mol. The number of furan rings is 1. The third-order valence-electron chi connectivity index (χ3n) is 2.76. The highest BCUT2D eigenvalue weighted by Crippen LogP contribution is 2.28. The first-order chi connectivity index (χ1) is 10.6. The summed E-state index contributed by atoms with van der Waals surface area (Å²) in [4.78, 5) is 18.1. The van der Waals surface area contributed by atoms with E-state index < -0.39 is 11.0 Å². The lowest BCUT2D eigenvalue weighted by atomic mass is 10.3. The number of hydrogen-bond acceptors (Lipinski definition) is 8. The Bertz CT molecular complexity index is 783. The number of nitrogens with zero attached hydrogens (tertiary/aromatic N) is 4. The smallest absolute Gasteiger partial charge is 0.406 e. The normalized spacial score (nSPS) is 12.0. The zero-order valence-electron chi connectivity index (χ0n) is 11.4. The van der Waals surface area contributed by atoms with E-state index in [0.717, 1.165) is 0 Å². The van der Waals surface area contributed by atoms with Crippen molar-refractivity contribution in [3.8, 4) is 17.3 Å². The van der Waals surface area contributed by atoms with E-state index in [2.05, 4.69) is 15.1 Å². The van der Waals surface area contributed by atoms with Gasteiger partial charge in [-0.25, -0.2) is 0 Å². The first-order valence-corrected chi connectivity index (χ1v) is 6.28. The second kappa shape index (κ2) is 5.64. The molecule has 9 nitrogen and oxygen atoms in total. The van der Waals surface area contributed by atoms with Crippen molar-refractivity contribution >= 4 is 5.82 Å². The van der Waals surface area contributed by atoms with Gasteiger partial charge in [-0.15, -0.1) is 0 Å². The zero-order valence-corrected chi connectivity index (χ0v) is 11.4. The molecule has 3 aromatic heterocycles. The Kier molecular flexibility index (Phi) is 3.52. The number of ether oxygens (including phenoxy) is 1. The number of nitro groups is 1. The summed E-state index contributed by atoms with van der Waals surface area (Å²) in [5.74, 6) is 0.549. The second-order valence-corrected chi connectivity index (χ2v) is 4.28. The molecule has 0 saturated heterocycles. The molecule has 0 aliphatic rings. The number of rotatable bonds is 5. The molecule has 0 bridgehead atoms. The van der Waals surface area contributed by atoms with Crippen LogP contribution in [0.4, 0.5) is 5.82 Å². The van der Waals surface area contributed by atoms with Crippen LogP contribution in [0.2, 0.25) is 0 Å². The van der Waals surface area contributed by atoms with E-state index in [9.17, 15) is 10.1 Å². The van der Waals surface area contributed by atoms with Crippen molar-refractivity contribution in [3.05, 3.63) is 52.7 Å². The first-order valence-electron chi connectivity index (χ1n) is 6.28. The third kappa shape index (κ3) is 2.64. The van der Waals surface area contributed by atoms with Crippen molar-refractivity contribution in [1.82, 2.24) is 15.1 Å². The molecule has 0 aliphatic carbocycles. The van der Waals surface area contributed by atoms with Crippen LogP contribution in [0.1, 0.15) is 18.9 Å². The van der Waals surface area contributed by atoms with Gasteiger partial charge in [-0.05, 0) is 41.1 Å². The van der Waals surface area contributed by atoms with Crippen LogP contribution in [-0.4, -0.2) is 20.0 Å². The highest BCUT2D eigenvalue weighted by atomic mass is 16.6. The van der Waals surface area contributed by atoms with E-state index in [1.807, 2.05) is 0 Å². The molecule has 0 aliphatic heterocycles. The molecule has 3 heterocycles. The van der Waals surface area contributed by atoms with Crippen LogP contribution in [0.3, 0.4) is 0 Å².